The molecule has 1 amide bonds. The van der Waals surface area contributed by atoms with Crippen molar-refractivity contribution in [2.45, 2.75) is 27.2 Å². The minimum Gasteiger partial charge on any atom is -0.355 e. The van der Waals surface area contributed by atoms with Crippen molar-refractivity contribution < 1.29 is 4.79 Å². The zero-order chi connectivity index (χ0) is 26.6. The number of pyridine rings is 2. The third-order valence-electron chi connectivity index (χ3n) is 8.07. The van der Waals surface area contributed by atoms with Gasteiger partial charge in [-0.25, -0.2) is 9.97 Å². The average Bonchev–Trinajstić information content (AvgIpc) is 3.54. The molecule has 0 bridgehead atoms. The third kappa shape index (κ3) is 3.77. The second-order valence-electron chi connectivity index (χ2n) is 10.5. The largest absolute Gasteiger partial charge is 0.355 e. The average molecular weight is 521 g/mol. The number of anilines is 1. The molecule has 38 heavy (non-hydrogen) atoms. The summed E-state index contributed by atoms with van der Waals surface area (Å²) in [7, 11) is 0. The summed E-state index contributed by atoms with van der Waals surface area (Å²) in [4.78, 5) is 31.6. The van der Waals surface area contributed by atoms with Crippen LogP contribution in [0.15, 0.2) is 48.6 Å². The topological polar surface area (TPSA) is 86.0 Å². The fourth-order valence-electron chi connectivity index (χ4n) is 5.88. The van der Waals surface area contributed by atoms with Crippen LogP contribution in [-0.4, -0.2) is 51.9 Å². The Kier molecular flexibility index (Phi) is 5.77. The first-order valence-corrected chi connectivity index (χ1v) is 13.6. The van der Waals surface area contributed by atoms with Crippen LogP contribution in [0.5, 0.6) is 0 Å². The van der Waals surface area contributed by atoms with Crippen LogP contribution < -0.4 is 4.90 Å². The van der Waals surface area contributed by atoms with E-state index in [-0.39, 0.29) is 11.3 Å². The molecule has 0 N–H and O–H groups in total. The molecular weight excluding hydrogens is 492 g/mol. The molecule has 0 aliphatic carbocycles. The van der Waals surface area contributed by atoms with E-state index < -0.39 is 0 Å². The van der Waals surface area contributed by atoms with Gasteiger partial charge in [-0.3, -0.25) is 9.78 Å². The Morgan fingerprint density at radius 1 is 1.21 bits per heavy atom. The molecule has 3 aromatic heterocycles. The van der Waals surface area contributed by atoms with E-state index in [1.807, 2.05) is 29.6 Å². The highest BCUT2D eigenvalue weighted by Crippen LogP contribution is 2.44. The molecule has 190 valence electrons. The summed E-state index contributed by atoms with van der Waals surface area (Å²) >= 11 is 1.59. The lowest BCUT2D eigenvalue weighted by atomic mass is 9.79. The van der Waals surface area contributed by atoms with Crippen LogP contribution in [0.4, 0.5) is 5.82 Å². The highest BCUT2D eigenvalue weighted by molar-refractivity contribution is 7.13. The Hall–Kier alpha value is -4.09. The fraction of sp³-hybridized carbons (Fsp3) is 0.300. The van der Waals surface area contributed by atoms with Gasteiger partial charge >= 0.3 is 0 Å². The lowest BCUT2D eigenvalue weighted by Gasteiger charge is -2.47. The number of aromatic nitrogens is 3. The summed E-state index contributed by atoms with van der Waals surface area (Å²) in [5.41, 5.74) is 9.98. The van der Waals surface area contributed by atoms with Crippen molar-refractivity contribution in [1.82, 2.24) is 19.9 Å². The smallest absolute Gasteiger partial charge is 0.245 e. The van der Waals surface area contributed by atoms with Crippen LogP contribution in [-0.2, 0) is 4.79 Å². The molecule has 1 aromatic carbocycles. The number of benzene rings is 1. The van der Waals surface area contributed by atoms with Gasteiger partial charge in [-0.1, -0.05) is 24.8 Å². The van der Waals surface area contributed by atoms with Gasteiger partial charge in [-0.05, 0) is 56.0 Å². The summed E-state index contributed by atoms with van der Waals surface area (Å²) in [5, 5.41) is 10.5. The minimum atomic E-state index is -0.0233. The summed E-state index contributed by atoms with van der Waals surface area (Å²) in [6.45, 7) is 12.8. The number of nitrogens with zero attached hydrogens (tertiary/aromatic N) is 6. The lowest BCUT2D eigenvalue weighted by molar-refractivity contribution is -0.136. The molecule has 2 aliphatic heterocycles. The SMILES string of the molecule is C=CC(=O)N1CC2(CCN(c3nc4cc(-c5scnc5C)cnc4c(-c4cccc(C)c4C)c3C#N)C2)C1. The number of hydrogen-bond acceptors (Lipinski definition) is 7. The van der Waals surface area contributed by atoms with Gasteiger partial charge in [-0.2, -0.15) is 5.26 Å². The van der Waals surface area contributed by atoms with E-state index in [9.17, 15) is 10.1 Å². The number of nitriles is 1. The van der Waals surface area contributed by atoms with Crippen molar-refractivity contribution >= 4 is 34.1 Å². The number of thiazole rings is 1. The van der Waals surface area contributed by atoms with Crippen LogP contribution in [0.2, 0.25) is 0 Å². The number of aryl methyl sites for hydroxylation is 2. The lowest BCUT2D eigenvalue weighted by Crippen LogP contribution is -2.59. The van der Waals surface area contributed by atoms with Gasteiger partial charge in [0.1, 0.15) is 17.5 Å². The van der Waals surface area contributed by atoms with Gasteiger partial charge in [0.25, 0.3) is 0 Å². The van der Waals surface area contributed by atoms with E-state index in [0.29, 0.717) is 24.5 Å². The number of carbonyl (C=O) groups excluding carboxylic acids is 1. The molecule has 0 saturated carbocycles. The van der Waals surface area contributed by atoms with E-state index in [1.54, 1.807) is 11.3 Å². The molecule has 2 saturated heterocycles. The van der Waals surface area contributed by atoms with Crippen molar-refractivity contribution in [3.05, 3.63) is 71.0 Å². The van der Waals surface area contributed by atoms with Crippen molar-refractivity contribution in [3.63, 3.8) is 0 Å². The van der Waals surface area contributed by atoms with Crippen LogP contribution in [0.3, 0.4) is 0 Å². The summed E-state index contributed by atoms with van der Waals surface area (Å²) in [6.07, 6.45) is 4.20. The molecule has 0 atom stereocenters. The Balaban J connectivity index is 1.52. The maximum atomic E-state index is 12.1. The molecule has 6 rings (SSSR count). The molecule has 1 spiro atoms. The van der Waals surface area contributed by atoms with Gasteiger partial charge in [-0.15, -0.1) is 11.3 Å². The molecule has 5 heterocycles. The normalized spacial score (nSPS) is 16.1. The molecule has 4 aromatic rings. The zero-order valence-electron chi connectivity index (χ0n) is 21.8. The molecule has 2 fully saturated rings. The minimum absolute atomic E-state index is 0.0233. The second kappa shape index (κ2) is 9.03. The Labute approximate surface area is 226 Å². The van der Waals surface area contributed by atoms with Crippen LogP contribution in [0.25, 0.3) is 32.6 Å². The maximum absolute atomic E-state index is 12.1. The predicted molar refractivity (Wildman–Crippen MR) is 151 cm³/mol. The summed E-state index contributed by atoms with van der Waals surface area (Å²) < 4.78 is 0. The first kappa shape index (κ1) is 24.3. The maximum Gasteiger partial charge on any atom is 0.245 e. The van der Waals surface area contributed by atoms with E-state index >= 15 is 0 Å². The third-order valence-corrected chi connectivity index (χ3v) is 9.05. The van der Waals surface area contributed by atoms with E-state index in [1.165, 1.54) is 6.08 Å². The van der Waals surface area contributed by atoms with Crippen molar-refractivity contribution in [2.75, 3.05) is 31.1 Å². The number of likely N-dealkylation sites (tertiary alicyclic amines) is 1. The molecule has 7 nitrogen and oxygen atoms in total. The number of fused-ring (bicyclic) bond motifs is 1. The standard InChI is InChI=1S/C30H28N6OS/c1-5-25(37)36-15-30(16-36)9-10-35(14-30)29-23(12-31)26(22-8-6-7-18(2)19(22)3)27-24(34-29)11-21(13-32-27)28-20(4)33-17-38-28/h5-8,11,13,17H,1,9-10,14-16H2,2-4H3. The van der Waals surface area contributed by atoms with Crippen LogP contribution >= 0.6 is 11.3 Å². The quantitative estimate of drug-likeness (QED) is 0.333. The van der Waals surface area contributed by atoms with Crippen LogP contribution in [0, 0.1) is 37.5 Å². The number of carbonyl (C=O) groups is 1. The number of rotatable bonds is 4. The van der Waals surface area contributed by atoms with Crippen molar-refractivity contribution in [3.8, 4) is 27.6 Å². The second-order valence-corrected chi connectivity index (χ2v) is 11.3. The Bertz CT molecular complexity index is 1660. The monoisotopic (exact) mass is 520 g/mol. The van der Waals surface area contributed by atoms with Crippen molar-refractivity contribution in [2.24, 2.45) is 5.41 Å². The van der Waals surface area contributed by atoms with Gasteiger partial charge in [0.15, 0.2) is 0 Å². The fourth-order valence-corrected chi connectivity index (χ4v) is 6.66. The molecular formula is C30H28N6OS. The highest BCUT2D eigenvalue weighted by atomic mass is 32.1. The number of hydrogen-bond donors (Lipinski definition) is 0. The molecule has 0 radical (unpaired) electrons. The zero-order valence-corrected chi connectivity index (χ0v) is 22.6. The molecule has 0 unspecified atom stereocenters. The van der Waals surface area contributed by atoms with Crippen molar-refractivity contribution in [1.29, 1.82) is 5.26 Å². The first-order chi connectivity index (χ1) is 18.3. The number of amides is 1. The van der Waals surface area contributed by atoms with Gasteiger partial charge < -0.3 is 9.80 Å². The predicted octanol–water partition coefficient (Wildman–Crippen LogP) is 5.44. The van der Waals surface area contributed by atoms with Gasteiger partial charge in [0.2, 0.25) is 5.91 Å². The van der Waals surface area contributed by atoms with E-state index in [0.717, 1.165) is 68.9 Å². The Morgan fingerprint density at radius 2 is 2.03 bits per heavy atom. The van der Waals surface area contributed by atoms with E-state index in [2.05, 4.69) is 54.6 Å². The molecule has 8 heteroatoms. The summed E-state index contributed by atoms with van der Waals surface area (Å²) in [6, 6.07) is 10.8. The Morgan fingerprint density at radius 3 is 2.74 bits per heavy atom. The molecule has 2 aliphatic rings. The first-order valence-electron chi connectivity index (χ1n) is 12.7. The van der Waals surface area contributed by atoms with E-state index in [4.69, 9.17) is 9.97 Å². The highest BCUT2D eigenvalue weighted by Gasteiger charge is 2.49. The van der Waals surface area contributed by atoms with Gasteiger partial charge in [0, 0.05) is 48.9 Å². The van der Waals surface area contributed by atoms with Gasteiger partial charge in [0.05, 0.1) is 27.1 Å². The summed E-state index contributed by atoms with van der Waals surface area (Å²) in [5.74, 6) is 0.672. The van der Waals surface area contributed by atoms with Crippen LogP contribution in [0.1, 0.15) is 28.8 Å².